The highest BCUT2D eigenvalue weighted by Crippen LogP contribution is 2.24. The van der Waals surface area contributed by atoms with Crippen LogP contribution >= 0.6 is 0 Å². The number of benzene rings is 1. The van der Waals surface area contributed by atoms with Gasteiger partial charge in [-0.25, -0.2) is 4.98 Å². The number of fused-ring (bicyclic) bond motifs is 1. The van der Waals surface area contributed by atoms with Crippen LogP contribution in [0.1, 0.15) is 16.8 Å². The largest absolute Gasteiger partial charge is 0.369 e. The summed E-state index contributed by atoms with van der Waals surface area (Å²) in [5.41, 5.74) is 10.3. The third kappa shape index (κ3) is 3.06. The molecular weight excluding hydrogens is 316 g/mol. The van der Waals surface area contributed by atoms with Gasteiger partial charge in [0.05, 0.1) is 17.0 Å². The molecule has 128 valence electrons. The van der Waals surface area contributed by atoms with Crippen molar-refractivity contribution in [3.8, 4) is 11.3 Å². The maximum atomic E-state index is 12.2. The number of hydrogen-bond donors (Lipinski definition) is 2. The maximum Gasteiger partial charge on any atom is 0.257 e. The molecule has 0 amide bonds. The summed E-state index contributed by atoms with van der Waals surface area (Å²) in [6.07, 6.45) is 2.77. The van der Waals surface area contributed by atoms with Gasteiger partial charge in [0.2, 0.25) is 5.95 Å². The van der Waals surface area contributed by atoms with Crippen molar-refractivity contribution < 1.29 is 0 Å². The van der Waals surface area contributed by atoms with Crippen LogP contribution in [-0.4, -0.2) is 31.2 Å². The topological polar surface area (TPSA) is 92.8 Å². The number of nitrogens with two attached hydrogens (primary N) is 1. The molecule has 1 aliphatic heterocycles. The van der Waals surface area contributed by atoms with Crippen LogP contribution in [0, 0.1) is 0 Å². The van der Waals surface area contributed by atoms with E-state index in [9.17, 15) is 4.79 Å². The van der Waals surface area contributed by atoms with Crippen LogP contribution in [-0.2, 0) is 26.6 Å². The number of nitrogens with zero attached hydrogens (tertiary/aromatic N) is 4. The summed E-state index contributed by atoms with van der Waals surface area (Å²) >= 11 is 0. The van der Waals surface area contributed by atoms with Crippen LogP contribution in [0.5, 0.6) is 0 Å². The quantitative estimate of drug-likeness (QED) is 0.752. The van der Waals surface area contributed by atoms with E-state index in [0.29, 0.717) is 12.1 Å². The van der Waals surface area contributed by atoms with Gasteiger partial charge in [0.25, 0.3) is 5.56 Å². The molecule has 2 aromatic heterocycles. The molecule has 25 heavy (non-hydrogen) atoms. The van der Waals surface area contributed by atoms with Crippen LogP contribution in [0.25, 0.3) is 11.3 Å². The van der Waals surface area contributed by atoms with Gasteiger partial charge in [-0.3, -0.25) is 19.4 Å². The Bertz CT molecular complexity index is 959. The van der Waals surface area contributed by atoms with Crippen LogP contribution in [0.2, 0.25) is 0 Å². The third-order valence-corrected chi connectivity index (χ3v) is 4.51. The van der Waals surface area contributed by atoms with Crippen molar-refractivity contribution >= 4 is 5.95 Å². The Balaban J connectivity index is 1.61. The SMILES string of the molecule is Cn1cc(CN2CCc3nc(N)[nH]c(=O)c3C2)c(-c2ccccc2)n1. The molecule has 0 saturated heterocycles. The highest BCUT2D eigenvalue weighted by Gasteiger charge is 2.22. The Morgan fingerprint density at radius 1 is 1.28 bits per heavy atom. The molecule has 0 bridgehead atoms. The van der Waals surface area contributed by atoms with Gasteiger partial charge in [-0.05, 0) is 0 Å². The van der Waals surface area contributed by atoms with Crippen molar-refractivity contribution in [2.45, 2.75) is 19.5 Å². The lowest BCUT2D eigenvalue weighted by atomic mass is 10.0. The molecule has 0 spiro atoms. The summed E-state index contributed by atoms with van der Waals surface area (Å²) in [6.45, 7) is 2.15. The van der Waals surface area contributed by atoms with Crippen molar-refractivity contribution in [3.63, 3.8) is 0 Å². The summed E-state index contributed by atoms with van der Waals surface area (Å²) in [5.74, 6) is 0.191. The smallest absolute Gasteiger partial charge is 0.257 e. The normalized spacial score (nSPS) is 14.4. The lowest BCUT2D eigenvalue weighted by Gasteiger charge is -2.27. The van der Waals surface area contributed by atoms with Crippen LogP contribution in [0.4, 0.5) is 5.95 Å². The van der Waals surface area contributed by atoms with Gasteiger partial charge < -0.3 is 5.73 Å². The zero-order valence-corrected chi connectivity index (χ0v) is 14.1. The Kier molecular flexibility index (Phi) is 3.85. The Hall–Kier alpha value is -2.93. The lowest BCUT2D eigenvalue weighted by Crippen LogP contribution is -2.35. The van der Waals surface area contributed by atoms with Gasteiger partial charge in [-0.2, -0.15) is 5.10 Å². The number of anilines is 1. The molecule has 1 aliphatic rings. The summed E-state index contributed by atoms with van der Waals surface area (Å²) < 4.78 is 1.84. The van der Waals surface area contributed by atoms with Gasteiger partial charge >= 0.3 is 0 Å². The molecule has 0 atom stereocenters. The molecule has 3 N–H and O–H groups in total. The van der Waals surface area contributed by atoms with E-state index in [1.807, 2.05) is 36.1 Å². The molecule has 0 aliphatic carbocycles. The molecule has 3 heterocycles. The number of nitrogens with one attached hydrogen (secondary N) is 1. The molecule has 0 unspecified atom stereocenters. The minimum atomic E-state index is -0.137. The number of aromatic nitrogens is 4. The summed E-state index contributed by atoms with van der Waals surface area (Å²) in [7, 11) is 1.93. The monoisotopic (exact) mass is 336 g/mol. The van der Waals surface area contributed by atoms with Gasteiger partial charge in [0.1, 0.15) is 0 Å². The van der Waals surface area contributed by atoms with E-state index >= 15 is 0 Å². The first kappa shape index (κ1) is 15.6. The molecule has 1 aromatic carbocycles. The first-order valence-corrected chi connectivity index (χ1v) is 8.28. The fraction of sp³-hybridized carbons (Fsp3) is 0.278. The highest BCUT2D eigenvalue weighted by atomic mass is 16.1. The fourth-order valence-electron chi connectivity index (χ4n) is 3.37. The summed E-state index contributed by atoms with van der Waals surface area (Å²) in [4.78, 5) is 21.3. The minimum absolute atomic E-state index is 0.137. The van der Waals surface area contributed by atoms with Crippen LogP contribution in [0.3, 0.4) is 0 Å². The molecule has 4 rings (SSSR count). The fourth-order valence-corrected chi connectivity index (χ4v) is 3.37. The molecule has 7 nitrogen and oxygen atoms in total. The molecule has 0 fully saturated rings. The summed E-state index contributed by atoms with van der Waals surface area (Å²) in [6, 6.07) is 10.2. The Morgan fingerprint density at radius 2 is 2.08 bits per heavy atom. The number of hydrogen-bond acceptors (Lipinski definition) is 5. The van der Waals surface area contributed by atoms with E-state index in [1.54, 1.807) is 0 Å². The Morgan fingerprint density at radius 3 is 2.88 bits per heavy atom. The average molecular weight is 336 g/mol. The van der Waals surface area contributed by atoms with Crippen molar-refractivity contribution in [2.24, 2.45) is 7.05 Å². The van der Waals surface area contributed by atoms with Crippen molar-refractivity contribution in [1.29, 1.82) is 0 Å². The van der Waals surface area contributed by atoms with Crippen LogP contribution in [0.15, 0.2) is 41.3 Å². The zero-order chi connectivity index (χ0) is 17.4. The van der Waals surface area contributed by atoms with E-state index in [0.717, 1.165) is 42.0 Å². The highest BCUT2D eigenvalue weighted by molar-refractivity contribution is 5.62. The van der Waals surface area contributed by atoms with Crippen molar-refractivity contribution in [2.75, 3.05) is 12.3 Å². The zero-order valence-electron chi connectivity index (χ0n) is 14.1. The first-order valence-electron chi connectivity index (χ1n) is 8.28. The van der Waals surface area contributed by atoms with Gasteiger partial charge in [0.15, 0.2) is 0 Å². The van der Waals surface area contributed by atoms with E-state index < -0.39 is 0 Å². The predicted octanol–water partition coefficient (Wildman–Crippen LogP) is 1.31. The van der Waals surface area contributed by atoms with Crippen molar-refractivity contribution in [1.82, 2.24) is 24.6 Å². The standard InChI is InChI=1S/C18H20N6O/c1-23-9-13(16(22-23)12-5-3-2-4-6-12)10-24-8-7-15-14(11-24)17(25)21-18(19)20-15/h2-6,9H,7-8,10-11H2,1H3,(H3,19,20,21,25). The van der Waals surface area contributed by atoms with Crippen molar-refractivity contribution in [3.05, 3.63) is 63.7 Å². The van der Waals surface area contributed by atoms with E-state index in [4.69, 9.17) is 5.73 Å². The number of H-pyrrole nitrogens is 1. The van der Waals surface area contributed by atoms with E-state index in [1.165, 1.54) is 0 Å². The molecular formula is C18H20N6O. The second kappa shape index (κ2) is 6.18. The average Bonchev–Trinajstić information content (AvgIpc) is 2.96. The minimum Gasteiger partial charge on any atom is -0.369 e. The summed E-state index contributed by atoms with van der Waals surface area (Å²) in [5, 5.41) is 4.61. The lowest BCUT2D eigenvalue weighted by molar-refractivity contribution is 0.242. The molecule has 3 aromatic rings. The molecule has 7 heteroatoms. The van der Waals surface area contributed by atoms with Gasteiger partial charge in [0, 0.05) is 50.4 Å². The number of rotatable bonds is 3. The van der Waals surface area contributed by atoms with Crippen LogP contribution < -0.4 is 11.3 Å². The maximum absolute atomic E-state index is 12.2. The molecule has 0 radical (unpaired) electrons. The number of nitrogen functional groups attached to an aromatic ring is 1. The van der Waals surface area contributed by atoms with E-state index in [2.05, 4.69) is 32.1 Å². The second-order valence-electron chi connectivity index (χ2n) is 6.38. The first-order chi connectivity index (χ1) is 12.1. The number of aryl methyl sites for hydroxylation is 1. The predicted molar refractivity (Wildman–Crippen MR) is 95.7 cm³/mol. The third-order valence-electron chi connectivity index (χ3n) is 4.51. The second-order valence-corrected chi connectivity index (χ2v) is 6.38. The van der Waals surface area contributed by atoms with E-state index in [-0.39, 0.29) is 11.5 Å². The van der Waals surface area contributed by atoms with Gasteiger partial charge in [-0.15, -0.1) is 0 Å². The molecule has 0 saturated carbocycles. The Labute approximate surface area is 145 Å². The van der Waals surface area contributed by atoms with Gasteiger partial charge in [-0.1, -0.05) is 30.3 Å². The number of aromatic amines is 1.